The van der Waals surface area contributed by atoms with Crippen LogP contribution in [-0.2, 0) is 9.84 Å². The van der Waals surface area contributed by atoms with Crippen molar-refractivity contribution in [2.75, 3.05) is 0 Å². The van der Waals surface area contributed by atoms with Crippen LogP contribution in [0.3, 0.4) is 0 Å². The minimum atomic E-state index is -4.15. The molecule has 142 valence electrons. The molecule has 0 amide bonds. The normalized spacial score (nSPS) is 12.0. The van der Waals surface area contributed by atoms with Gasteiger partial charge in [0.25, 0.3) is 0 Å². The van der Waals surface area contributed by atoms with Crippen molar-refractivity contribution in [1.29, 1.82) is 5.26 Å². The Labute approximate surface area is 171 Å². The number of halogens is 3. The van der Waals surface area contributed by atoms with E-state index >= 15 is 0 Å². The zero-order chi connectivity index (χ0) is 20.5. The highest BCUT2D eigenvalue weighted by atomic mass is 35.5. The average Bonchev–Trinajstić information content (AvgIpc) is 2.94. The second-order valence-electron chi connectivity index (χ2n) is 5.76. The molecule has 0 bridgehead atoms. The Morgan fingerprint density at radius 2 is 1.89 bits per heavy atom. The van der Waals surface area contributed by atoms with Crippen LogP contribution in [0.25, 0.3) is 11.8 Å². The predicted octanol–water partition coefficient (Wildman–Crippen LogP) is 4.97. The molecule has 0 aliphatic carbocycles. The predicted molar refractivity (Wildman–Crippen MR) is 105 cm³/mol. The van der Waals surface area contributed by atoms with Crippen molar-refractivity contribution in [3.05, 3.63) is 80.7 Å². The first-order chi connectivity index (χ1) is 13.2. The van der Waals surface area contributed by atoms with Crippen LogP contribution >= 0.6 is 23.2 Å². The molecule has 0 aliphatic rings. The van der Waals surface area contributed by atoms with Crippen molar-refractivity contribution in [1.82, 2.24) is 9.78 Å². The van der Waals surface area contributed by atoms with Crippen molar-refractivity contribution < 1.29 is 12.8 Å². The van der Waals surface area contributed by atoms with Crippen molar-refractivity contribution in [2.45, 2.75) is 11.8 Å². The summed E-state index contributed by atoms with van der Waals surface area (Å²) in [6.45, 7) is 1.64. The lowest BCUT2D eigenvalue weighted by atomic mass is 10.2. The first-order valence-electron chi connectivity index (χ1n) is 7.87. The fraction of sp³-hybridized carbons (Fsp3) is 0.0526. The molecule has 0 radical (unpaired) electrons. The molecule has 0 unspecified atom stereocenters. The van der Waals surface area contributed by atoms with Gasteiger partial charge in [-0.15, -0.1) is 0 Å². The molecule has 0 saturated carbocycles. The third-order valence-electron chi connectivity index (χ3n) is 3.90. The van der Waals surface area contributed by atoms with Crippen LogP contribution in [0, 0.1) is 24.1 Å². The molecule has 0 N–H and O–H groups in total. The fourth-order valence-corrected chi connectivity index (χ4v) is 4.15. The molecule has 1 aromatic heterocycles. The van der Waals surface area contributed by atoms with E-state index < -0.39 is 20.6 Å². The molecule has 3 aromatic rings. The molecular formula is C19H12Cl2FN3O2S. The number of nitriles is 1. The first-order valence-corrected chi connectivity index (χ1v) is 10.1. The van der Waals surface area contributed by atoms with E-state index in [2.05, 4.69) is 5.10 Å². The SMILES string of the molecule is Cc1nn(-c2cccc(Cl)c2)c(Cl)c1C=C(C#N)S(=O)(=O)c1ccc(F)cc1. The van der Waals surface area contributed by atoms with Gasteiger partial charge in [0.2, 0.25) is 9.84 Å². The van der Waals surface area contributed by atoms with Gasteiger partial charge in [-0.05, 0) is 55.5 Å². The summed E-state index contributed by atoms with van der Waals surface area (Å²) >= 11 is 12.4. The molecule has 0 saturated heterocycles. The number of allylic oxidation sites excluding steroid dienone is 1. The molecule has 0 aliphatic heterocycles. The second-order valence-corrected chi connectivity index (χ2v) is 8.47. The third-order valence-corrected chi connectivity index (χ3v) is 6.18. The van der Waals surface area contributed by atoms with Gasteiger partial charge in [-0.1, -0.05) is 29.3 Å². The molecule has 1 heterocycles. The maximum Gasteiger partial charge on any atom is 0.216 e. The second kappa shape index (κ2) is 7.76. The molecule has 0 fully saturated rings. The lowest BCUT2D eigenvalue weighted by Gasteiger charge is -2.04. The number of aromatic nitrogens is 2. The number of aryl methyl sites for hydroxylation is 1. The molecular weight excluding hydrogens is 424 g/mol. The summed E-state index contributed by atoms with van der Waals surface area (Å²) < 4.78 is 39.9. The zero-order valence-corrected chi connectivity index (χ0v) is 16.7. The number of sulfone groups is 1. The highest BCUT2D eigenvalue weighted by Crippen LogP contribution is 2.29. The molecule has 5 nitrogen and oxygen atoms in total. The van der Waals surface area contributed by atoms with Gasteiger partial charge in [0.1, 0.15) is 21.9 Å². The summed E-state index contributed by atoms with van der Waals surface area (Å²) in [6.07, 6.45) is 1.16. The van der Waals surface area contributed by atoms with Crippen LogP contribution in [0.1, 0.15) is 11.3 Å². The quantitative estimate of drug-likeness (QED) is 0.428. The highest BCUT2D eigenvalue weighted by Gasteiger charge is 2.23. The minimum absolute atomic E-state index is 0.127. The highest BCUT2D eigenvalue weighted by molar-refractivity contribution is 7.95. The Morgan fingerprint density at radius 1 is 1.21 bits per heavy atom. The van der Waals surface area contributed by atoms with Crippen molar-refractivity contribution in [2.24, 2.45) is 0 Å². The van der Waals surface area contributed by atoms with Gasteiger partial charge in [-0.25, -0.2) is 17.5 Å². The Hall–Kier alpha value is -2.66. The van der Waals surface area contributed by atoms with Crippen molar-refractivity contribution in [3.8, 4) is 11.8 Å². The first kappa shape index (κ1) is 20.1. The minimum Gasteiger partial charge on any atom is -0.221 e. The smallest absolute Gasteiger partial charge is 0.216 e. The fourth-order valence-electron chi connectivity index (χ4n) is 2.50. The molecule has 0 atom stereocenters. The summed E-state index contributed by atoms with van der Waals surface area (Å²) in [7, 11) is -4.15. The van der Waals surface area contributed by atoms with E-state index in [1.807, 2.05) is 0 Å². The monoisotopic (exact) mass is 435 g/mol. The number of benzene rings is 2. The average molecular weight is 436 g/mol. The van der Waals surface area contributed by atoms with Gasteiger partial charge in [0.15, 0.2) is 0 Å². The van der Waals surface area contributed by atoms with Crippen LogP contribution < -0.4 is 0 Å². The third kappa shape index (κ3) is 3.80. The molecule has 28 heavy (non-hydrogen) atoms. The summed E-state index contributed by atoms with van der Waals surface area (Å²) in [5, 5.41) is 14.3. The maximum atomic E-state index is 13.1. The largest absolute Gasteiger partial charge is 0.221 e. The van der Waals surface area contributed by atoms with Gasteiger partial charge >= 0.3 is 0 Å². The zero-order valence-electron chi connectivity index (χ0n) is 14.4. The Morgan fingerprint density at radius 3 is 2.50 bits per heavy atom. The van der Waals surface area contributed by atoms with Gasteiger partial charge < -0.3 is 0 Å². The lowest BCUT2D eigenvalue weighted by molar-refractivity contribution is 0.601. The van der Waals surface area contributed by atoms with E-state index in [0.717, 1.165) is 30.3 Å². The van der Waals surface area contributed by atoms with Crippen LogP contribution in [0.2, 0.25) is 10.2 Å². The van der Waals surface area contributed by atoms with Crippen LogP contribution in [-0.4, -0.2) is 18.2 Å². The number of hydrogen-bond acceptors (Lipinski definition) is 4. The number of nitrogens with zero attached hydrogens (tertiary/aromatic N) is 3. The molecule has 3 rings (SSSR count). The van der Waals surface area contributed by atoms with E-state index in [1.165, 1.54) is 4.68 Å². The summed E-state index contributed by atoms with van der Waals surface area (Å²) in [5.74, 6) is -0.580. The lowest BCUT2D eigenvalue weighted by Crippen LogP contribution is -2.03. The molecule has 2 aromatic carbocycles. The molecule has 0 spiro atoms. The van der Waals surface area contributed by atoms with Crippen LogP contribution in [0.5, 0.6) is 0 Å². The maximum absolute atomic E-state index is 13.1. The number of hydrogen-bond donors (Lipinski definition) is 0. The van der Waals surface area contributed by atoms with Crippen molar-refractivity contribution >= 4 is 39.1 Å². The Balaban J connectivity index is 2.11. The summed E-state index contributed by atoms with van der Waals surface area (Å²) in [5.41, 5.74) is 1.29. The van der Waals surface area contributed by atoms with Crippen LogP contribution in [0.15, 0.2) is 58.3 Å². The van der Waals surface area contributed by atoms with E-state index in [0.29, 0.717) is 16.4 Å². The van der Waals surface area contributed by atoms with E-state index in [1.54, 1.807) is 37.3 Å². The van der Waals surface area contributed by atoms with Gasteiger partial charge in [-0.2, -0.15) is 10.4 Å². The van der Waals surface area contributed by atoms with Gasteiger partial charge in [0.05, 0.1) is 16.3 Å². The topological polar surface area (TPSA) is 75.8 Å². The van der Waals surface area contributed by atoms with Gasteiger partial charge in [0, 0.05) is 10.6 Å². The molecule has 9 heteroatoms. The standard InChI is InChI=1S/C19H12Cl2FN3O2S/c1-12-18(19(21)25(24-12)15-4-2-3-13(20)9-15)10-17(11-23)28(26,27)16-7-5-14(22)6-8-16/h2-10H,1H3. The Bertz CT molecular complexity index is 1230. The summed E-state index contributed by atoms with van der Waals surface area (Å²) in [6, 6.07) is 12.7. The van der Waals surface area contributed by atoms with Crippen LogP contribution in [0.4, 0.5) is 4.39 Å². The van der Waals surface area contributed by atoms with E-state index in [9.17, 15) is 18.1 Å². The van der Waals surface area contributed by atoms with E-state index in [4.69, 9.17) is 23.2 Å². The summed E-state index contributed by atoms with van der Waals surface area (Å²) in [4.78, 5) is -0.729. The number of rotatable bonds is 4. The Kier molecular flexibility index (Phi) is 5.57. The van der Waals surface area contributed by atoms with E-state index in [-0.39, 0.29) is 15.6 Å². The van der Waals surface area contributed by atoms with Crippen molar-refractivity contribution in [3.63, 3.8) is 0 Å². The van der Waals surface area contributed by atoms with Gasteiger partial charge in [-0.3, -0.25) is 0 Å².